The number of aromatic nitrogens is 4. The molecule has 9 aromatic carbocycles. The van der Waals surface area contributed by atoms with Crippen LogP contribution >= 0.6 is 0 Å². The number of nitrogens with zero attached hydrogens (tertiary/aromatic N) is 4. The molecule has 0 bridgehead atoms. The summed E-state index contributed by atoms with van der Waals surface area (Å²) >= 11 is 0. The van der Waals surface area contributed by atoms with Crippen LogP contribution in [0.5, 0.6) is 0 Å². The Kier molecular flexibility index (Phi) is 5.45. The molecule has 0 amide bonds. The fourth-order valence-corrected chi connectivity index (χ4v) is 10.0. The lowest BCUT2D eigenvalue weighted by molar-refractivity contribution is 0.671. The lowest BCUT2D eigenvalue weighted by Gasteiger charge is -2.15. The number of hydrogen-bond acceptors (Lipinski definition) is 3. The normalized spacial score (nSPS) is 12.6. The smallest absolute Gasteiger partial charge is 0.165 e. The molecule has 5 heteroatoms. The second-order valence-corrected chi connectivity index (χ2v) is 15.3. The highest BCUT2D eigenvalue weighted by atomic mass is 16.3. The minimum atomic E-state index is 0.767. The molecule has 0 N–H and O–H groups in total. The van der Waals surface area contributed by atoms with Gasteiger partial charge in [-0.25, -0.2) is 9.97 Å². The van der Waals surface area contributed by atoms with E-state index in [0.29, 0.717) is 0 Å². The first-order chi connectivity index (χ1) is 28.3. The molecule has 0 aliphatic carbocycles. The van der Waals surface area contributed by atoms with Crippen molar-refractivity contribution >= 4 is 114 Å². The molecule has 5 aromatic heterocycles. The average molecular weight is 725 g/mol. The highest BCUT2D eigenvalue weighted by molar-refractivity contribution is 6.36. The lowest BCUT2D eigenvalue weighted by atomic mass is 10.0. The van der Waals surface area contributed by atoms with E-state index in [2.05, 4.69) is 179 Å². The molecular weight excluding hydrogens is 697 g/mol. The van der Waals surface area contributed by atoms with Crippen LogP contribution in [0.25, 0.3) is 131 Å². The SMILES string of the molecule is c1ccc(-c2nc3ccc4ccccc4c3nc2-n2c3cccc4c5cccc6c7ccc8ccccc8c7n(c7cc8c9ccccc9oc8c2c7c43)c56)cc1. The third-order valence-corrected chi connectivity index (χ3v) is 12.4. The van der Waals surface area contributed by atoms with Crippen molar-refractivity contribution in [2.75, 3.05) is 0 Å². The Labute approximate surface area is 323 Å². The van der Waals surface area contributed by atoms with Crippen molar-refractivity contribution in [3.8, 4) is 17.1 Å². The maximum atomic E-state index is 7.03. The van der Waals surface area contributed by atoms with Crippen molar-refractivity contribution < 1.29 is 4.42 Å². The van der Waals surface area contributed by atoms with Crippen molar-refractivity contribution in [2.24, 2.45) is 0 Å². The van der Waals surface area contributed by atoms with Crippen LogP contribution in [0.1, 0.15) is 0 Å². The molecule has 0 saturated heterocycles. The highest BCUT2D eigenvalue weighted by Gasteiger charge is 2.28. The Balaban J connectivity index is 1.32. The molecule has 57 heavy (non-hydrogen) atoms. The van der Waals surface area contributed by atoms with Gasteiger partial charge in [0.1, 0.15) is 16.8 Å². The van der Waals surface area contributed by atoms with E-state index in [4.69, 9.17) is 14.4 Å². The second kappa shape index (κ2) is 10.5. The van der Waals surface area contributed by atoms with E-state index in [0.717, 1.165) is 82.8 Å². The summed E-state index contributed by atoms with van der Waals surface area (Å²) in [4.78, 5) is 11.2. The topological polar surface area (TPSA) is 48.3 Å². The van der Waals surface area contributed by atoms with E-state index >= 15 is 0 Å². The van der Waals surface area contributed by atoms with Crippen LogP contribution in [-0.4, -0.2) is 18.9 Å². The third-order valence-electron chi connectivity index (χ3n) is 12.4. The van der Waals surface area contributed by atoms with Gasteiger partial charge in [0.2, 0.25) is 0 Å². The van der Waals surface area contributed by atoms with Gasteiger partial charge in [-0.1, -0.05) is 146 Å². The molecule has 14 aromatic rings. The van der Waals surface area contributed by atoms with E-state index < -0.39 is 0 Å². The fourth-order valence-electron chi connectivity index (χ4n) is 10.0. The molecule has 0 aliphatic rings. The van der Waals surface area contributed by atoms with Gasteiger partial charge in [-0.3, -0.25) is 4.57 Å². The molecule has 0 spiro atoms. The van der Waals surface area contributed by atoms with Crippen LogP contribution in [0.3, 0.4) is 0 Å². The molecular formula is C52H28N4O. The van der Waals surface area contributed by atoms with Gasteiger partial charge in [-0.2, -0.15) is 0 Å². The predicted molar refractivity (Wildman–Crippen MR) is 236 cm³/mol. The standard InChI is InChI=1S/C52H28N4O/c1-2-14-31(15-3-1)46-52(54-47-32-16-6-4-12-29(32)25-27-40(47)53-46)56-41-22-11-19-35-36-20-10-21-37-38-26-24-30-13-5-7-17-33(30)48(38)55(49(36)37)42-28-39-34-18-8-9-23-43(34)57-51(39)50(56)45(42)44(35)41/h1-28H. The third kappa shape index (κ3) is 3.69. The summed E-state index contributed by atoms with van der Waals surface area (Å²) in [6.45, 7) is 0. The minimum absolute atomic E-state index is 0.767. The van der Waals surface area contributed by atoms with Gasteiger partial charge in [0.05, 0.1) is 33.1 Å². The van der Waals surface area contributed by atoms with Gasteiger partial charge in [-0.05, 0) is 40.4 Å². The zero-order valence-electron chi connectivity index (χ0n) is 30.4. The molecule has 0 fully saturated rings. The minimum Gasteiger partial charge on any atom is -0.454 e. The summed E-state index contributed by atoms with van der Waals surface area (Å²) in [5.74, 6) is 0.767. The van der Waals surface area contributed by atoms with Gasteiger partial charge < -0.3 is 8.82 Å². The zero-order chi connectivity index (χ0) is 36.9. The number of fused-ring (bicyclic) bond motifs is 14. The summed E-state index contributed by atoms with van der Waals surface area (Å²) in [5.41, 5.74) is 10.8. The van der Waals surface area contributed by atoms with Crippen molar-refractivity contribution in [1.29, 1.82) is 0 Å². The van der Waals surface area contributed by atoms with Crippen LogP contribution in [0.15, 0.2) is 174 Å². The quantitative estimate of drug-likeness (QED) is 0.167. The molecule has 0 aliphatic heterocycles. The molecule has 0 atom stereocenters. The van der Waals surface area contributed by atoms with Crippen LogP contribution in [-0.2, 0) is 0 Å². The Morgan fingerprint density at radius 3 is 1.95 bits per heavy atom. The Morgan fingerprint density at radius 2 is 1.07 bits per heavy atom. The van der Waals surface area contributed by atoms with E-state index in [1.807, 2.05) is 0 Å². The summed E-state index contributed by atoms with van der Waals surface area (Å²) < 4.78 is 11.9. The fraction of sp³-hybridized carbons (Fsp3) is 0. The predicted octanol–water partition coefficient (Wildman–Crippen LogP) is 13.7. The number of furan rings is 1. The van der Waals surface area contributed by atoms with Crippen LogP contribution in [0, 0.1) is 0 Å². The summed E-state index contributed by atoms with van der Waals surface area (Å²) in [7, 11) is 0. The van der Waals surface area contributed by atoms with Gasteiger partial charge in [0.15, 0.2) is 11.4 Å². The van der Waals surface area contributed by atoms with Crippen molar-refractivity contribution in [3.63, 3.8) is 0 Å². The summed E-state index contributed by atoms with van der Waals surface area (Å²) in [5, 5.41) is 14.0. The molecule has 262 valence electrons. The van der Waals surface area contributed by atoms with Crippen molar-refractivity contribution in [3.05, 3.63) is 170 Å². The number of hydrogen-bond donors (Lipinski definition) is 0. The van der Waals surface area contributed by atoms with Crippen LogP contribution < -0.4 is 0 Å². The summed E-state index contributed by atoms with van der Waals surface area (Å²) in [6.07, 6.45) is 0. The van der Waals surface area contributed by atoms with Gasteiger partial charge in [0.25, 0.3) is 0 Å². The monoisotopic (exact) mass is 724 g/mol. The molecule has 0 unspecified atom stereocenters. The number of rotatable bonds is 2. The first-order valence-corrected chi connectivity index (χ1v) is 19.4. The van der Waals surface area contributed by atoms with Gasteiger partial charge >= 0.3 is 0 Å². The van der Waals surface area contributed by atoms with Crippen LogP contribution in [0.2, 0.25) is 0 Å². The Morgan fingerprint density at radius 1 is 0.421 bits per heavy atom. The van der Waals surface area contributed by atoms with Gasteiger partial charge in [-0.15, -0.1) is 0 Å². The lowest BCUT2D eigenvalue weighted by Crippen LogP contribution is -2.04. The molecule has 0 radical (unpaired) electrons. The highest BCUT2D eigenvalue weighted by Crippen LogP contribution is 2.49. The molecule has 5 heterocycles. The first kappa shape index (κ1) is 29.6. The summed E-state index contributed by atoms with van der Waals surface area (Å²) in [6, 6.07) is 60.8. The maximum Gasteiger partial charge on any atom is 0.165 e. The molecule has 14 rings (SSSR count). The van der Waals surface area contributed by atoms with E-state index in [-0.39, 0.29) is 0 Å². The van der Waals surface area contributed by atoms with Crippen LogP contribution in [0.4, 0.5) is 0 Å². The maximum absolute atomic E-state index is 7.03. The van der Waals surface area contributed by atoms with E-state index in [9.17, 15) is 0 Å². The first-order valence-electron chi connectivity index (χ1n) is 19.4. The van der Waals surface area contributed by atoms with E-state index in [1.165, 1.54) is 48.7 Å². The zero-order valence-corrected chi connectivity index (χ0v) is 30.4. The Bertz CT molecular complexity index is 4040. The number of benzene rings is 9. The van der Waals surface area contributed by atoms with E-state index in [1.54, 1.807) is 0 Å². The number of para-hydroxylation sites is 2. The van der Waals surface area contributed by atoms with Crippen molar-refractivity contribution in [2.45, 2.75) is 0 Å². The average Bonchev–Trinajstić information content (AvgIpc) is 3.91. The second-order valence-electron chi connectivity index (χ2n) is 15.3. The molecule has 0 saturated carbocycles. The Hall–Kier alpha value is -7.76. The largest absolute Gasteiger partial charge is 0.454 e. The van der Waals surface area contributed by atoms with Crippen molar-refractivity contribution in [1.82, 2.24) is 18.9 Å². The van der Waals surface area contributed by atoms with Gasteiger partial charge in [0, 0.05) is 54.0 Å². The molecule has 5 nitrogen and oxygen atoms in total.